The van der Waals surface area contributed by atoms with Crippen LogP contribution in [0.25, 0.3) is 0 Å². The highest BCUT2D eigenvalue weighted by Gasteiger charge is 2.05. The predicted molar refractivity (Wildman–Crippen MR) is 90.5 cm³/mol. The van der Waals surface area contributed by atoms with Gasteiger partial charge in [0.1, 0.15) is 5.82 Å². The van der Waals surface area contributed by atoms with Gasteiger partial charge in [-0.25, -0.2) is 4.39 Å². The Kier molecular flexibility index (Phi) is 6.76. The van der Waals surface area contributed by atoms with Crippen molar-refractivity contribution >= 4 is 5.91 Å². The van der Waals surface area contributed by atoms with Crippen molar-refractivity contribution in [2.24, 2.45) is 0 Å². The first-order valence-corrected chi connectivity index (χ1v) is 7.87. The van der Waals surface area contributed by atoms with Crippen LogP contribution in [0, 0.1) is 5.82 Å². The SMILES string of the molecule is CN(CCC(=O)NCCc1ccc(F)cc1)Cc1ccccc1. The van der Waals surface area contributed by atoms with Crippen molar-refractivity contribution < 1.29 is 9.18 Å². The maximum atomic E-state index is 12.8. The van der Waals surface area contributed by atoms with E-state index in [-0.39, 0.29) is 11.7 Å². The second-order valence-electron chi connectivity index (χ2n) is 5.70. The second-order valence-corrected chi connectivity index (χ2v) is 5.70. The van der Waals surface area contributed by atoms with Crippen molar-refractivity contribution in [3.05, 3.63) is 71.5 Å². The lowest BCUT2D eigenvalue weighted by molar-refractivity contribution is -0.121. The highest BCUT2D eigenvalue weighted by atomic mass is 19.1. The van der Waals surface area contributed by atoms with Crippen LogP contribution in [0.2, 0.25) is 0 Å². The summed E-state index contributed by atoms with van der Waals surface area (Å²) in [7, 11) is 2.01. The molecule has 4 heteroatoms. The molecule has 0 aliphatic rings. The zero-order chi connectivity index (χ0) is 16.5. The van der Waals surface area contributed by atoms with Crippen molar-refractivity contribution in [2.75, 3.05) is 20.1 Å². The van der Waals surface area contributed by atoms with Gasteiger partial charge in [-0.05, 0) is 36.7 Å². The predicted octanol–water partition coefficient (Wildman–Crippen LogP) is 3.01. The van der Waals surface area contributed by atoms with Crippen molar-refractivity contribution in [2.45, 2.75) is 19.4 Å². The van der Waals surface area contributed by atoms with E-state index in [1.807, 2.05) is 25.2 Å². The highest BCUT2D eigenvalue weighted by molar-refractivity contribution is 5.76. The summed E-state index contributed by atoms with van der Waals surface area (Å²) in [5.41, 5.74) is 2.26. The molecule has 0 aromatic heterocycles. The summed E-state index contributed by atoms with van der Waals surface area (Å²) in [5, 5.41) is 2.91. The smallest absolute Gasteiger partial charge is 0.221 e. The Balaban J connectivity index is 1.62. The fourth-order valence-corrected chi connectivity index (χ4v) is 2.35. The zero-order valence-electron chi connectivity index (χ0n) is 13.5. The highest BCUT2D eigenvalue weighted by Crippen LogP contribution is 2.04. The third-order valence-electron chi connectivity index (χ3n) is 3.67. The zero-order valence-corrected chi connectivity index (χ0v) is 13.5. The number of hydrogen-bond donors (Lipinski definition) is 1. The summed E-state index contributed by atoms with van der Waals surface area (Å²) in [6.45, 7) is 2.13. The average Bonchev–Trinajstić information content (AvgIpc) is 2.56. The molecule has 0 spiro atoms. The quantitative estimate of drug-likeness (QED) is 0.812. The van der Waals surface area contributed by atoms with E-state index in [9.17, 15) is 9.18 Å². The minimum absolute atomic E-state index is 0.0482. The van der Waals surface area contributed by atoms with Gasteiger partial charge in [0, 0.05) is 26.1 Å². The standard InChI is InChI=1S/C19H23FN2O/c1-22(15-17-5-3-2-4-6-17)14-12-19(23)21-13-11-16-7-9-18(20)10-8-16/h2-10H,11-15H2,1H3,(H,21,23). The lowest BCUT2D eigenvalue weighted by atomic mass is 10.1. The van der Waals surface area contributed by atoms with Gasteiger partial charge in [-0.15, -0.1) is 0 Å². The van der Waals surface area contributed by atoms with Crippen LogP contribution in [0.3, 0.4) is 0 Å². The summed E-state index contributed by atoms with van der Waals surface area (Å²) in [5.74, 6) is -0.189. The van der Waals surface area contributed by atoms with E-state index in [0.29, 0.717) is 19.4 Å². The topological polar surface area (TPSA) is 32.3 Å². The van der Waals surface area contributed by atoms with Crippen LogP contribution < -0.4 is 5.32 Å². The largest absolute Gasteiger partial charge is 0.356 e. The van der Waals surface area contributed by atoms with E-state index in [1.165, 1.54) is 17.7 Å². The first kappa shape index (κ1) is 17.2. The van der Waals surface area contributed by atoms with Gasteiger partial charge in [0.2, 0.25) is 5.91 Å². The number of amides is 1. The normalized spacial score (nSPS) is 10.7. The summed E-state index contributed by atoms with van der Waals surface area (Å²) < 4.78 is 12.8. The maximum Gasteiger partial charge on any atom is 0.221 e. The molecule has 0 radical (unpaired) electrons. The van der Waals surface area contributed by atoms with Crippen LogP contribution in [-0.2, 0) is 17.8 Å². The molecule has 0 heterocycles. The molecule has 23 heavy (non-hydrogen) atoms. The molecule has 0 fully saturated rings. The third kappa shape index (κ3) is 6.61. The van der Waals surface area contributed by atoms with E-state index < -0.39 is 0 Å². The van der Waals surface area contributed by atoms with Crippen molar-refractivity contribution in [3.63, 3.8) is 0 Å². The molecule has 0 unspecified atom stereocenters. The molecule has 2 aromatic rings. The molecule has 2 rings (SSSR count). The number of carbonyl (C=O) groups is 1. The number of halogens is 1. The van der Waals surface area contributed by atoms with Crippen LogP contribution in [0.1, 0.15) is 17.5 Å². The molecular formula is C19H23FN2O. The molecule has 0 saturated heterocycles. The third-order valence-corrected chi connectivity index (χ3v) is 3.67. The van der Waals surface area contributed by atoms with Crippen LogP contribution >= 0.6 is 0 Å². The van der Waals surface area contributed by atoms with Crippen molar-refractivity contribution in [1.82, 2.24) is 10.2 Å². The van der Waals surface area contributed by atoms with Crippen LogP contribution in [0.15, 0.2) is 54.6 Å². The van der Waals surface area contributed by atoms with E-state index >= 15 is 0 Å². The minimum Gasteiger partial charge on any atom is -0.356 e. The van der Waals surface area contributed by atoms with Gasteiger partial charge >= 0.3 is 0 Å². The molecule has 0 aliphatic carbocycles. The number of nitrogens with one attached hydrogen (secondary N) is 1. The molecule has 3 nitrogen and oxygen atoms in total. The second kappa shape index (κ2) is 9.06. The van der Waals surface area contributed by atoms with Crippen molar-refractivity contribution in [3.8, 4) is 0 Å². The maximum absolute atomic E-state index is 12.8. The minimum atomic E-state index is -0.237. The molecule has 0 saturated carbocycles. The fourth-order valence-electron chi connectivity index (χ4n) is 2.35. The Hall–Kier alpha value is -2.20. The Morgan fingerprint density at radius 1 is 1.04 bits per heavy atom. The molecule has 0 aliphatic heterocycles. The van der Waals surface area contributed by atoms with Crippen LogP contribution in [0.5, 0.6) is 0 Å². The lowest BCUT2D eigenvalue weighted by Gasteiger charge is -2.16. The van der Waals surface area contributed by atoms with E-state index in [4.69, 9.17) is 0 Å². The molecule has 1 amide bonds. The first-order chi connectivity index (χ1) is 11.1. The van der Waals surface area contributed by atoms with Gasteiger partial charge < -0.3 is 10.2 Å². The monoisotopic (exact) mass is 314 g/mol. The molecule has 0 atom stereocenters. The summed E-state index contributed by atoms with van der Waals surface area (Å²) in [4.78, 5) is 14.0. The number of nitrogens with zero attached hydrogens (tertiary/aromatic N) is 1. The Bertz CT molecular complexity index is 599. The molecular weight excluding hydrogens is 291 g/mol. The van der Waals surface area contributed by atoms with Gasteiger partial charge in [0.25, 0.3) is 0 Å². The lowest BCUT2D eigenvalue weighted by Crippen LogP contribution is -2.30. The van der Waals surface area contributed by atoms with Gasteiger partial charge in [-0.2, -0.15) is 0 Å². The number of carbonyl (C=O) groups excluding carboxylic acids is 1. The number of hydrogen-bond acceptors (Lipinski definition) is 2. The van der Waals surface area contributed by atoms with Gasteiger partial charge in [-0.3, -0.25) is 4.79 Å². The Morgan fingerprint density at radius 3 is 2.43 bits per heavy atom. The van der Waals surface area contributed by atoms with E-state index in [2.05, 4.69) is 22.3 Å². The summed E-state index contributed by atoms with van der Waals surface area (Å²) in [6, 6.07) is 16.6. The van der Waals surface area contributed by atoms with Gasteiger partial charge in [0.05, 0.1) is 0 Å². The molecule has 1 N–H and O–H groups in total. The molecule has 122 valence electrons. The van der Waals surface area contributed by atoms with Crippen molar-refractivity contribution in [1.29, 1.82) is 0 Å². The fraction of sp³-hybridized carbons (Fsp3) is 0.316. The Morgan fingerprint density at radius 2 is 1.74 bits per heavy atom. The van der Waals surface area contributed by atoms with Crippen LogP contribution in [-0.4, -0.2) is 30.9 Å². The van der Waals surface area contributed by atoms with E-state index in [1.54, 1.807) is 12.1 Å². The number of benzene rings is 2. The van der Waals surface area contributed by atoms with Gasteiger partial charge in [0.15, 0.2) is 0 Å². The van der Waals surface area contributed by atoms with E-state index in [0.717, 1.165) is 18.7 Å². The Labute approximate surface area is 137 Å². The number of rotatable bonds is 8. The molecule has 0 bridgehead atoms. The van der Waals surface area contributed by atoms with Crippen LogP contribution in [0.4, 0.5) is 4.39 Å². The van der Waals surface area contributed by atoms with Gasteiger partial charge in [-0.1, -0.05) is 42.5 Å². The summed E-state index contributed by atoms with van der Waals surface area (Å²) in [6.07, 6.45) is 1.19. The average molecular weight is 314 g/mol. The molecule has 2 aromatic carbocycles. The first-order valence-electron chi connectivity index (χ1n) is 7.87. The summed E-state index contributed by atoms with van der Waals surface area (Å²) >= 11 is 0.